The van der Waals surface area contributed by atoms with Crippen LogP contribution in [0.3, 0.4) is 0 Å². The van der Waals surface area contributed by atoms with Gasteiger partial charge in [-0.1, -0.05) is 90.6 Å². The Balaban J connectivity index is 1.37. The van der Waals surface area contributed by atoms with Gasteiger partial charge in [-0.05, 0) is 55.0 Å². The van der Waals surface area contributed by atoms with Crippen molar-refractivity contribution in [1.82, 2.24) is 4.98 Å². The topological polar surface area (TPSA) is 75.0 Å². The lowest BCUT2D eigenvalue weighted by atomic mass is 9.99. The van der Waals surface area contributed by atoms with Crippen LogP contribution in [0.5, 0.6) is 11.5 Å². The molecule has 5 aromatic rings. The molecule has 1 atom stereocenters. The number of pyridine rings is 1. The fourth-order valence-corrected chi connectivity index (χ4v) is 4.94. The van der Waals surface area contributed by atoms with Crippen molar-refractivity contribution in [2.24, 2.45) is 0 Å². The molecule has 0 spiro atoms. The van der Waals surface area contributed by atoms with Gasteiger partial charge in [0.2, 0.25) is 5.91 Å². The Kier molecular flexibility index (Phi) is 8.01. The number of anilines is 1. The standard InChI is InChI=1S/C33H25N3O2S/c1-23(32(37)35-26-17-19-28(20-18-26)38-27-15-9-4-10-16-27)39-33-30(22-34)29(24-11-5-2-6-12-24)21-31(36-33)25-13-7-3-8-14-25/h2-21,23H,1H3,(H,35,37). The summed E-state index contributed by atoms with van der Waals surface area (Å²) in [6, 6.07) is 40.6. The highest BCUT2D eigenvalue weighted by molar-refractivity contribution is 8.00. The van der Waals surface area contributed by atoms with Crippen molar-refractivity contribution in [2.45, 2.75) is 17.2 Å². The van der Waals surface area contributed by atoms with E-state index >= 15 is 0 Å². The molecule has 1 heterocycles. The van der Waals surface area contributed by atoms with Gasteiger partial charge in [0.25, 0.3) is 0 Å². The molecule has 0 aliphatic heterocycles. The summed E-state index contributed by atoms with van der Waals surface area (Å²) in [5.74, 6) is 1.23. The van der Waals surface area contributed by atoms with Gasteiger partial charge in [0.1, 0.15) is 22.6 Å². The van der Waals surface area contributed by atoms with Crippen molar-refractivity contribution in [2.75, 3.05) is 5.32 Å². The molecule has 5 nitrogen and oxygen atoms in total. The second kappa shape index (κ2) is 12.1. The molecule has 4 aromatic carbocycles. The maximum Gasteiger partial charge on any atom is 0.237 e. The summed E-state index contributed by atoms with van der Waals surface area (Å²) in [6.45, 7) is 1.81. The largest absolute Gasteiger partial charge is 0.457 e. The maximum atomic E-state index is 13.1. The number of hydrogen-bond acceptors (Lipinski definition) is 5. The van der Waals surface area contributed by atoms with Crippen molar-refractivity contribution in [3.8, 4) is 40.0 Å². The zero-order chi connectivity index (χ0) is 27.0. The average molecular weight is 528 g/mol. The summed E-state index contributed by atoms with van der Waals surface area (Å²) in [4.78, 5) is 18.0. The molecule has 6 heteroatoms. The second-order valence-corrected chi connectivity index (χ2v) is 10.1. The Morgan fingerprint density at radius 3 is 2.00 bits per heavy atom. The molecule has 0 aliphatic carbocycles. The van der Waals surface area contributed by atoms with Gasteiger partial charge in [-0.3, -0.25) is 4.79 Å². The Morgan fingerprint density at radius 1 is 0.821 bits per heavy atom. The Hall–Kier alpha value is -4.86. The lowest BCUT2D eigenvalue weighted by molar-refractivity contribution is -0.115. The van der Waals surface area contributed by atoms with E-state index in [1.165, 1.54) is 11.8 Å². The van der Waals surface area contributed by atoms with E-state index in [4.69, 9.17) is 9.72 Å². The molecule has 190 valence electrons. The Bertz CT molecular complexity index is 1600. The van der Waals surface area contributed by atoms with Gasteiger partial charge in [-0.2, -0.15) is 5.26 Å². The summed E-state index contributed by atoms with van der Waals surface area (Å²) in [5.41, 5.74) is 4.51. The van der Waals surface area contributed by atoms with Crippen LogP contribution in [0.15, 0.2) is 126 Å². The third kappa shape index (κ3) is 6.35. The van der Waals surface area contributed by atoms with Crippen LogP contribution in [-0.2, 0) is 4.79 Å². The zero-order valence-electron chi connectivity index (χ0n) is 21.2. The fraction of sp³-hybridized carbons (Fsp3) is 0.0606. The highest BCUT2D eigenvalue weighted by Crippen LogP contribution is 2.36. The van der Waals surface area contributed by atoms with Crippen LogP contribution in [0.2, 0.25) is 0 Å². The van der Waals surface area contributed by atoms with Crippen LogP contribution < -0.4 is 10.1 Å². The predicted molar refractivity (Wildman–Crippen MR) is 157 cm³/mol. The number of benzene rings is 4. The van der Waals surface area contributed by atoms with Gasteiger partial charge in [0.05, 0.1) is 16.5 Å². The van der Waals surface area contributed by atoms with Crippen LogP contribution in [0.1, 0.15) is 12.5 Å². The molecule has 0 bridgehead atoms. The number of aromatic nitrogens is 1. The van der Waals surface area contributed by atoms with Gasteiger partial charge in [0.15, 0.2) is 0 Å². The summed E-state index contributed by atoms with van der Waals surface area (Å²) in [5, 5.41) is 13.1. The summed E-state index contributed by atoms with van der Waals surface area (Å²) in [6.07, 6.45) is 0. The molecule has 0 fully saturated rings. The van der Waals surface area contributed by atoms with Crippen molar-refractivity contribution in [3.63, 3.8) is 0 Å². The number of nitrogens with zero attached hydrogens (tertiary/aromatic N) is 2. The van der Waals surface area contributed by atoms with Crippen LogP contribution in [0, 0.1) is 11.3 Å². The molecule has 5 rings (SSSR count). The fourth-order valence-electron chi connectivity index (χ4n) is 4.01. The number of nitriles is 1. The normalized spacial score (nSPS) is 11.3. The minimum Gasteiger partial charge on any atom is -0.457 e. The first-order valence-corrected chi connectivity index (χ1v) is 13.3. The van der Waals surface area contributed by atoms with Crippen LogP contribution in [0.25, 0.3) is 22.4 Å². The van der Waals surface area contributed by atoms with E-state index in [0.717, 1.165) is 28.1 Å². The smallest absolute Gasteiger partial charge is 0.237 e. The van der Waals surface area contributed by atoms with E-state index in [1.54, 1.807) is 12.1 Å². The van der Waals surface area contributed by atoms with E-state index in [2.05, 4.69) is 11.4 Å². The number of carbonyl (C=O) groups excluding carboxylic acids is 1. The number of hydrogen-bond donors (Lipinski definition) is 1. The molecule has 1 N–H and O–H groups in total. The van der Waals surface area contributed by atoms with Crippen LogP contribution in [0.4, 0.5) is 5.69 Å². The third-order valence-electron chi connectivity index (χ3n) is 6.01. The summed E-state index contributed by atoms with van der Waals surface area (Å²) in [7, 11) is 0. The van der Waals surface area contributed by atoms with Crippen molar-refractivity contribution < 1.29 is 9.53 Å². The van der Waals surface area contributed by atoms with Crippen molar-refractivity contribution in [1.29, 1.82) is 5.26 Å². The van der Waals surface area contributed by atoms with Gasteiger partial charge < -0.3 is 10.1 Å². The SMILES string of the molecule is CC(Sc1nc(-c2ccccc2)cc(-c2ccccc2)c1C#N)C(=O)Nc1ccc(Oc2ccccc2)cc1. The van der Waals surface area contributed by atoms with E-state index in [-0.39, 0.29) is 5.91 Å². The third-order valence-corrected chi connectivity index (χ3v) is 7.10. The molecular formula is C33H25N3O2S. The first-order chi connectivity index (χ1) is 19.1. The first kappa shape index (κ1) is 25.8. The molecule has 1 unspecified atom stereocenters. The first-order valence-electron chi connectivity index (χ1n) is 12.5. The monoisotopic (exact) mass is 527 g/mol. The predicted octanol–water partition coefficient (Wildman–Crippen LogP) is 8.20. The number of rotatable bonds is 8. The number of amides is 1. The Morgan fingerprint density at radius 2 is 1.38 bits per heavy atom. The minimum atomic E-state index is -0.500. The van der Waals surface area contributed by atoms with E-state index in [9.17, 15) is 10.1 Å². The molecule has 1 aromatic heterocycles. The minimum absolute atomic E-state index is 0.186. The van der Waals surface area contributed by atoms with E-state index < -0.39 is 5.25 Å². The molecule has 0 radical (unpaired) electrons. The van der Waals surface area contributed by atoms with Crippen LogP contribution >= 0.6 is 11.8 Å². The molecule has 0 saturated carbocycles. The lowest BCUT2D eigenvalue weighted by Crippen LogP contribution is -2.22. The Labute approximate surface area is 232 Å². The van der Waals surface area contributed by atoms with E-state index in [1.807, 2.05) is 116 Å². The van der Waals surface area contributed by atoms with Crippen molar-refractivity contribution in [3.05, 3.63) is 127 Å². The second-order valence-electron chi connectivity index (χ2n) is 8.77. The number of ether oxygens (including phenoxy) is 1. The summed E-state index contributed by atoms with van der Waals surface area (Å²) >= 11 is 1.27. The highest BCUT2D eigenvalue weighted by Gasteiger charge is 2.21. The zero-order valence-corrected chi connectivity index (χ0v) is 22.1. The van der Waals surface area contributed by atoms with Gasteiger partial charge in [0, 0.05) is 16.8 Å². The number of para-hydroxylation sites is 1. The molecule has 0 saturated heterocycles. The van der Waals surface area contributed by atoms with Crippen LogP contribution in [-0.4, -0.2) is 16.1 Å². The molecular weight excluding hydrogens is 502 g/mol. The molecule has 1 amide bonds. The molecule has 0 aliphatic rings. The maximum absolute atomic E-state index is 13.1. The summed E-state index contributed by atoms with van der Waals surface area (Å²) < 4.78 is 5.83. The lowest BCUT2D eigenvalue weighted by Gasteiger charge is -2.16. The van der Waals surface area contributed by atoms with Gasteiger partial charge in [-0.25, -0.2) is 4.98 Å². The quantitative estimate of drug-likeness (QED) is 0.206. The number of thioether (sulfide) groups is 1. The van der Waals surface area contributed by atoms with Crippen molar-refractivity contribution >= 4 is 23.4 Å². The van der Waals surface area contributed by atoms with Gasteiger partial charge >= 0.3 is 0 Å². The highest BCUT2D eigenvalue weighted by atomic mass is 32.2. The molecule has 39 heavy (non-hydrogen) atoms. The average Bonchev–Trinajstić information content (AvgIpc) is 2.99. The van der Waals surface area contributed by atoms with E-state index in [0.29, 0.717) is 22.0 Å². The number of nitrogens with one attached hydrogen (secondary N) is 1. The van der Waals surface area contributed by atoms with Gasteiger partial charge in [-0.15, -0.1) is 0 Å². The number of carbonyl (C=O) groups is 1.